The molecule has 0 amide bonds. The van der Waals surface area contributed by atoms with E-state index in [0.29, 0.717) is 26.1 Å². The largest absolute Gasteiger partial charge is 2.00 e. The second-order valence-electron chi connectivity index (χ2n) is 5.23. The van der Waals surface area contributed by atoms with Gasteiger partial charge in [0, 0.05) is 13.2 Å². The molecule has 0 radical (unpaired) electrons. The number of aliphatic carboxylic acids is 2. The predicted octanol–water partition coefficient (Wildman–Crippen LogP) is -0.522. The summed E-state index contributed by atoms with van der Waals surface area (Å²) in [6.45, 7) is 10.3. The number of aliphatic hydroxyl groups excluding tert-OH is 2. The summed E-state index contributed by atoms with van der Waals surface area (Å²) in [5.41, 5.74) is 0. The first kappa shape index (κ1) is 36.8. The van der Waals surface area contributed by atoms with E-state index in [-0.39, 0.29) is 33.3 Å². The number of carbonyl (C=O) groups excluding carboxylic acids is 4. The van der Waals surface area contributed by atoms with E-state index in [4.69, 9.17) is 10.2 Å². The van der Waals surface area contributed by atoms with E-state index < -0.39 is 23.8 Å². The van der Waals surface area contributed by atoms with Crippen molar-refractivity contribution in [2.75, 3.05) is 13.2 Å². The Morgan fingerprint density at radius 1 is 0.704 bits per heavy atom. The molecule has 2 N–H and O–H groups in total. The Balaban J connectivity index is -0.0000000843. The van der Waals surface area contributed by atoms with Gasteiger partial charge in [0.1, 0.15) is 11.6 Å². The van der Waals surface area contributed by atoms with Gasteiger partial charge < -0.3 is 30.0 Å². The molecular weight excluding hydrogens is 392 g/mol. The van der Waals surface area contributed by atoms with Gasteiger partial charge in [-0.2, -0.15) is 0 Å². The summed E-state index contributed by atoms with van der Waals surface area (Å²) in [5.74, 6) is -5.04. The molecule has 0 saturated heterocycles. The first-order valence-electron chi connectivity index (χ1n) is 8.66. The number of carboxylic acids is 2. The minimum Gasteiger partial charge on any atom is -0.549 e. The van der Waals surface area contributed by atoms with Crippen LogP contribution >= 0.6 is 0 Å². The average Bonchev–Trinajstić information content (AvgIpc) is 2.55. The smallest absolute Gasteiger partial charge is 0.549 e. The van der Waals surface area contributed by atoms with Crippen molar-refractivity contribution in [2.45, 2.75) is 67.2 Å². The van der Waals surface area contributed by atoms with Crippen molar-refractivity contribution in [3.63, 3.8) is 0 Å². The maximum absolute atomic E-state index is 10.4. The molecule has 0 fully saturated rings. The van der Waals surface area contributed by atoms with E-state index in [1.165, 1.54) is 13.8 Å². The van der Waals surface area contributed by atoms with Crippen molar-refractivity contribution in [2.24, 2.45) is 11.8 Å². The van der Waals surface area contributed by atoms with Crippen LogP contribution in [0.2, 0.25) is 0 Å². The number of Topliss-reactive ketones (excluding diaryl/α,β-unsaturated/α-hetero) is 2. The summed E-state index contributed by atoms with van der Waals surface area (Å²) in [7, 11) is 0. The second kappa shape index (κ2) is 27.1. The molecule has 0 rings (SSSR count). The van der Waals surface area contributed by atoms with Crippen LogP contribution in [-0.2, 0) is 40.9 Å². The van der Waals surface area contributed by atoms with Gasteiger partial charge in [0.05, 0.1) is 23.8 Å². The fourth-order valence-electron chi connectivity index (χ4n) is 1.24. The Bertz CT molecular complexity index is 318. The number of hydrogen-bond donors (Lipinski definition) is 2. The SMILES string of the molecule is CCC(C(C)=O)C(=O)[O-].CCC(C(C)=O)C(=O)[O-].CCCO.CCCO.[Ti+2]. The third-order valence-corrected chi connectivity index (χ3v) is 2.81. The molecule has 158 valence electrons. The zero-order valence-electron chi connectivity index (χ0n) is 17.2. The molecule has 0 saturated carbocycles. The summed E-state index contributed by atoms with van der Waals surface area (Å²) in [6, 6.07) is 0. The van der Waals surface area contributed by atoms with E-state index in [0.717, 1.165) is 12.8 Å². The maximum atomic E-state index is 10.4. The van der Waals surface area contributed by atoms with Crippen molar-refractivity contribution in [3.8, 4) is 0 Å². The van der Waals surface area contributed by atoms with E-state index in [1.54, 1.807) is 13.8 Å². The van der Waals surface area contributed by atoms with Crippen molar-refractivity contribution in [1.29, 1.82) is 0 Å². The van der Waals surface area contributed by atoms with Crippen molar-refractivity contribution >= 4 is 23.5 Å². The van der Waals surface area contributed by atoms with Crippen LogP contribution in [0.4, 0.5) is 0 Å². The summed E-state index contributed by atoms with van der Waals surface area (Å²) >= 11 is 0. The topological polar surface area (TPSA) is 155 Å². The summed E-state index contributed by atoms with van der Waals surface area (Å²) in [4.78, 5) is 40.9. The standard InChI is InChI=1S/2C6H10O3.2C3H8O.Ti/c2*1-3-5(4(2)7)6(8)9;2*1-2-3-4;/h2*5H,3H2,1-2H3,(H,8,9);2*4H,2-3H2,1H3;/q;;;;+2/p-2. The molecule has 0 heterocycles. The van der Waals surface area contributed by atoms with Crippen LogP contribution in [0, 0.1) is 11.8 Å². The molecule has 0 aliphatic heterocycles. The molecule has 2 unspecified atom stereocenters. The van der Waals surface area contributed by atoms with Gasteiger partial charge in [-0.25, -0.2) is 0 Å². The van der Waals surface area contributed by atoms with Crippen molar-refractivity contribution < 1.29 is 61.3 Å². The minimum absolute atomic E-state index is 0. The van der Waals surface area contributed by atoms with Gasteiger partial charge in [0.25, 0.3) is 0 Å². The fraction of sp³-hybridized carbons (Fsp3) is 0.778. The van der Waals surface area contributed by atoms with Gasteiger partial charge in [-0.1, -0.05) is 27.7 Å². The minimum atomic E-state index is -1.27. The Labute approximate surface area is 177 Å². The number of ketones is 2. The molecule has 0 aromatic heterocycles. The van der Waals surface area contributed by atoms with Crippen LogP contribution < -0.4 is 10.2 Å². The molecule has 0 aliphatic carbocycles. The van der Waals surface area contributed by atoms with Crippen LogP contribution in [0.25, 0.3) is 0 Å². The summed E-state index contributed by atoms with van der Waals surface area (Å²) < 4.78 is 0. The average molecular weight is 426 g/mol. The van der Waals surface area contributed by atoms with Gasteiger partial charge >= 0.3 is 21.7 Å². The molecule has 2 atom stereocenters. The van der Waals surface area contributed by atoms with E-state index in [2.05, 4.69) is 0 Å². The Hall–Kier alpha value is -1.09. The first-order valence-corrected chi connectivity index (χ1v) is 8.66. The quantitative estimate of drug-likeness (QED) is 0.388. The molecular formula is C18H34O8Ti. The maximum Gasteiger partial charge on any atom is 2.00 e. The molecule has 0 aromatic rings. The summed E-state index contributed by atoms with van der Waals surface area (Å²) in [5, 5.41) is 35.8. The molecule has 0 aromatic carbocycles. The van der Waals surface area contributed by atoms with Gasteiger partial charge in [0.15, 0.2) is 0 Å². The van der Waals surface area contributed by atoms with Crippen LogP contribution in [-0.4, -0.2) is 46.9 Å². The number of aliphatic hydroxyl groups is 2. The zero-order valence-corrected chi connectivity index (χ0v) is 18.8. The normalized spacial score (nSPS) is 10.7. The van der Waals surface area contributed by atoms with Gasteiger partial charge in [0.2, 0.25) is 0 Å². The Kier molecular flexibility index (Phi) is 37.0. The number of rotatable bonds is 8. The third kappa shape index (κ3) is 29.9. The Morgan fingerprint density at radius 2 is 0.889 bits per heavy atom. The van der Waals surface area contributed by atoms with Gasteiger partial charge in [-0.3, -0.25) is 9.59 Å². The molecule has 27 heavy (non-hydrogen) atoms. The van der Waals surface area contributed by atoms with Crippen LogP contribution in [0.5, 0.6) is 0 Å². The Morgan fingerprint density at radius 3 is 0.889 bits per heavy atom. The monoisotopic (exact) mass is 426 g/mol. The third-order valence-electron chi connectivity index (χ3n) is 2.81. The molecule has 0 bridgehead atoms. The number of carbonyl (C=O) groups is 4. The fourth-order valence-corrected chi connectivity index (χ4v) is 1.24. The second-order valence-corrected chi connectivity index (χ2v) is 5.23. The summed E-state index contributed by atoms with van der Waals surface area (Å²) in [6.07, 6.45) is 2.38. The molecule has 8 nitrogen and oxygen atoms in total. The van der Waals surface area contributed by atoms with E-state index in [9.17, 15) is 29.4 Å². The zero-order chi connectivity index (χ0) is 21.7. The van der Waals surface area contributed by atoms with Gasteiger partial charge in [-0.05, 0) is 39.5 Å². The van der Waals surface area contributed by atoms with Crippen molar-refractivity contribution in [1.82, 2.24) is 0 Å². The van der Waals surface area contributed by atoms with Crippen molar-refractivity contribution in [3.05, 3.63) is 0 Å². The van der Waals surface area contributed by atoms with Gasteiger partial charge in [-0.15, -0.1) is 0 Å². The molecule has 0 spiro atoms. The van der Waals surface area contributed by atoms with E-state index in [1.807, 2.05) is 13.8 Å². The molecule has 9 heteroatoms. The number of hydrogen-bond acceptors (Lipinski definition) is 8. The van der Waals surface area contributed by atoms with Crippen LogP contribution in [0.3, 0.4) is 0 Å². The number of carboxylic acid groups (broad SMARTS) is 2. The predicted molar refractivity (Wildman–Crippen MR) is 93.7 cm³/mol. The van der Waals surface area contributed by atoms with E-state index >= 15 is 0 Å². The van der Waals surface area contributed by atoms with Crippen LogP contribution in [0.1, 0.15) is 67.2 Å². The first-order chi connectivity index (χ1) is 12.0. The molecule has 0 aliphatic rings. The van der Waals surface area contributed by atoms with Crippen LogP contribution in [0.15, 0.2) is 0 Å².